The maximum absolute atomic E-state index is 12.5. The Morgan fingerprint density at radius 3 is 2.35 bits per heavy atom. The van der Waals surface area contributed by atoms with Crippen LogP contribution in [0.25, 0.3) is 0 Å². The van der Waals surface area contributed by atoms with Crippen LogP contribution in [0.4, 0.5) is 10.5 Å². The molecule has 0 bridgehead atoms. The molecule has 1 saturated heterocycles. The van der Waals surface area contributed by atoms with Crippen LogP contribution in [0.3, 0.4) is 0 Å². The maximum Gasteiger partial charge on any atom is 0.319 e. The summed E-state index contributed by atoms with van der Waals surface area (Å²) in [4.78, 5) is 26.5. The third-order valence-corrected chi connectivity index (χ3v) is 4.49. The van der Waals surface area contributed by atoms with Crippen LogP contribution < -0.4 is 15.4 Å². The quantitative estimate of drug-likeness (QED) is 0.887. The highest BCUT2D eigenvalue weighted by atomic mass is 16.5. The summed E-state index contributed by atoms with van der Waals surface area (Å²) in [5, 5.41) is 5.79. The Morgan fingerprint density at radius 2 is 1.65 bits per heavy atom. The van der Waals surface area contributed by atoms with E-state index in [1.54, 1.807) is 19.2 Å². The largest absolute Gasteiger partial charge is 0.495 e. The van der Waals surface area contributed by atoms with Crippen molar-refractivity contribution in [2.45, 2.75) is 18.9 Å². The molecule has 0 atom stereocenters. The first-order valence-electron chi connectivity index (χ1n) is 8.72. The Balaban J connectivity index is 1.49. The molecule has 2 aromatic rings. The molecule has 0 aromatic heterocycles. The van der Waals surface area contributed by atoms with Crippen molar-refractivity contribution in [3.63, 3.8) is 0 Å². The fourth-order valence-corrected chi connectivity index (χ4v) is 3.08. The van der Waals surface area contributed by atoms with Gasteiger partial charge in [0.2, 0.25) is 0 Å². The Hall–Kier alpha value is -3.02. The summed E-state index contributed by atoms with van der Waals surface area (Å²) >= 11 is 0. The minimum atomic E-state index is -0.262. The smallest absolute Gasteiger partial charge is 0.319 e. The number of nitrogens with one attached hydrogen (secondary N) is 2. The van der Waals surface area contributed by atoms with Gasteiger partial charge in [0.25, 0.3) is 5.91 Å². The van der Waals surface area contributed by atoms with Crippen molar-refractivity contribution in [1.82, 2.24) is 10.2 Å². The first-order valence-corrected chi connectivity index (χ1v) is 8.72. The van der Waals surface area contributed by atoms with Crippen molar-refractivity contribution >= 4 is 17.6 Å². The van der Waals surface area contributed by atoms with Crippen molar-refractivity contribution < 1.29 is 14.3 Å². The molecule has 26 heavy (non-hydrogen) atoms. The molecule has 3 rings (SSSR count). The van der Waals surface area contributed by atoms with Crippen LogP contribution in [0.1, 0.15) is 23.2 Å². The van der Waals surface area contributed by atoms with Gasteiger partial charge in [0, 0.05) is 24.7 Å². The summed E-state index contributed by atoms with van der Waals surface area (Å²) in [6, 6.07) is 16.3. The topological polar surface area (TPSA) is 70.7 Å². The van der Waals surface area contributed by atoms with Gasteiger partial charge >= 0.3 is 6.03 Å². The van der Waals surface area contributed by atoms with Crippen LogP contribution in [0.2, 0.25) is 0 Å². The second kappa shape index (κ2) is 8.38. The molecule has 0 radical (unpaired) electrons. The fraction of sp³-hybridized carbons (Fsp3) is 0.300. The van der Waals surface area contributed by atoms with E-state index in [1.807, 2.05) is 47.4 Å². The second-order valence-electron chi connectivity index (χ2n) is 6.23. The summed E-state index contributed by atoms with van der Waals surface area (Å²) < 4.78 is 5.23. The summed E-state index contributed by atoms with van der Waals surface area (Å²) in [6.07, 6.45) is 1.47. The molecular weight excluding hydrogens is 330 g/mol. The molecule has 1 heterocycles. The number of carbonyl (C=O) groups is 2. The van der Waals surface area contributed by atoms with Crippen LogP contribution in [0.5, 0.6) is 5.75 Å². The number of para-hydroxylation sites is 2. The van der Waals surface area contributed by atoms with Crippen molar-refractivity contribution in [1.29, 1.82) is 0 Å². The lowest BCUT2D eigenvalue weighted by atomic mass is 10.0. The van der Waals surface area contributed by atoms with Gasteiger partial charge in [-0.3, -0.25) is 4.79 Å². The zero-order valence-electron chi connectivity index (χ0n) is 14.8. The number of likely N-dealkylation sites (tertiary alicyclic amines) is 1. The van der Waals surface area contributed by atoms with E-state index in [-0.39, 0.29) is 18.0 Å². The molecule has 1 aliphatic heterocycles. The Bertz CT molecular complexity index is 756. The van der Waals surface area contributed by atoms with E-state index in [4.69, 9.17) is 4.74 Å². The number of hydrogen-bond donors (Lipinski definition) is 2. The van der Waals surface area contributed by atoms with Gasteiger partial charge in [-0.25, -0.2) is 4.79 Å². The van der Waals surface area contributed by atoms with Crippen molar-refractivity contribution in [2.24, 2.45) is 0 Å². The van der Waals surface area contributed by atoms with Gasteiger partial charge < -0.3 is 20.3 Å². The number of amides is 3. The first kappa shape index (κ1) is 17.8. The Kier molecular flexibility index (Phi) is 5.73. The van der Waals surface area contributed by atoms with Crippen molar-refractivity contribution in [2.75, 3.05) is 25.5 Å². The normalized spacial score (nSPS) is 14.6. The van der Waals surface area contributed by atoms with Gasteiger partial charge in [-0.15, -0.1) is 0 Å². The van der Waals surface area contributed by atoms with Gasteiger partial charge in [-0.2, -0.15) is 0 Å². The first-order chi connectivity index (χ1) is 12.7. The maximum atomic E-state index is 12.5. The number of carbonyl (C=O) groups excluding carboxylic acids is 2. The molecular formula is C20H23N3O3. The van der Waals surface area contributed by atoms with Crippen molar-refractivity contribution in [3.8, 4) is 5.75 Å². The minimum Gasteiger partial charge on any atom is -0.495 e. The third-order valence-electron chi connectivity index (χ3n) is 4.49. The highest BCUT2D eigenvalue weighted by molar-refractivity contribution is 5.94. The number of rotatable bonds is 4. The molecule has 0 unspecified atom stereocenters. The molecule has 3 amide bonds. The van der Waals surface area contributed by atoms with E-state index in [0.29, 0.717) is 30.1 Å². The Labute approximate surface area is 153 Å². The molecule has 6 nitrogen and oxygen atoms in total. The van der Waals surface area contributed by atoms with Gasteiger partial charge in [0.15, 0.2) is 0 Å². The lowest BCUT2D eigenvalue weighted by molar-refractivity contribution is 0.0709. The highest BCUT2D eigenvalue weighted by Crippen LogP contribution is 2.23. The predicted molar refractivity (Wildman–Crippen MR) is 101 cm³/mol. The minimum absolute atomic E-state index is 0.0440. The molecule has 1 fully saturated rings. The van der Waals surface area contributed by atoms with Crippen LogP contribution in [0.15, 0.2) is 54.6 Å². The number of urea groups is 1. The number of piperidine rings is 1. The molecule has 2 N–H and O–H groups in total. The summed E-state index contributed by atoms with van der Waals surface area (Å²) in [6.45, 7) is 1.26. The lowest BCUT2D eigenvalue weighted by Gasteiger charge is -2.32. The van der Waals surface area contributed by atoms with E-state index < -0.39 is 0 Å². The standard InChI is InChI=1S/C20H23N3O3/c1-26-18-10-6-5-9-17(18)22-20(25)21-16-11-13-23(14-12-16)19(24)15-7-3-2-4-8-15/h2-10,16H,11-14H2,1H3,(H2,21,22,25). The second-order valence-corrected chi connectivity index (χ2v) is 6.23. The number of ether oxygens (including phenoxy) is 1. The lowest BCUT2D eigenvalue weighted by Crippen LogP contribution is -2.47. The average molecular weight is 353 g/mol. The molecule has 136 valence electrons. The van der Waals surface area contributed by atoms with E-state index in [2.05, 4.69) is 10.6 Å². The van der Waals surface area contributed by atoms with Gasteiger partial charge in [-0.1, -0.05) is 30.3 Å². The number of methoxy groups -OCH3 is 1. The molecule has 0 aliphatic carbocycles. The van der Waals surface area contributed by atoms with Gasteiger partial charge in [-0.05, 0) is 37.1 Å². The molecule has 1 aliphatic rings. The van der Waals surface area contributed by atoms with Crippen LogP contribution in [-0.4, -0.2) is 43.1 Å². The summed E-state index contributed by atoms with van der Waals surface area (Å²) in [5.74, 6) is 0.661. The Morgan fingerprint density at radius 1 is 1.00 bits per heavy atom. The van der Waals surface area contributed by atoms with Crippen LogP contribution in [-0.2, 0) is 0 Å². The average Bonchev–Trinajstić information content (AvgIpc) is 2.69. The van der Waals surface area contributed by atoms with Crippen LogP contribution in [0, 0.1) is 0 Å². The number of hydrogen-bond acceptors (Lipinski definition) is 3. The zero-order valence-corrected chi connectivity index (χ0v) is 14.8. The van der Waals surface area contributed by atoms with Crippen LogP contribution >= 0.6 is 0 Å². The van der Waals surface area contributed by atoms with Gasteiger partial charge in [0.05, 0.1) is 12.8 Å². The molecule has 0 spiro atoms. The third kappa shape index (κ3) is 4.33. The molecule has 0 saturated carbocycles. The highest BCUT2D eigenvalue weighted by Gasteiger charge is 2.24. The predicted octanol–water partition coefficient (Wildman–Crippen LogP) is 3.12. The van der Waals surface area contributed by atoms with E-state index >= 15 is 0 Å². The number of anilines is 1. The zero-order chi connectivity index (χ0) is 18.4. The van der Waals surface area contributed by atoms with Crippen molar-refractivity contribution in [3.05, 3.63) is 60.2 Å². The van der Waals surface area contributed by atoms with Gasteiger partial charge in [0.1, 0.15) is 5.75 Å². The summed E-state index contributed by atoms with van der Waals surface area (Å²) in [5.41, 5.74) is 1.33. The molecule has 2 aromatic carbocycles. The SMILES string of the molecule is COc1ccccc1NC(=O)NC1CCN(C(=O)c2ccccc2)CC1. The number of nitrogens with zero attached hydrogens (tertiary/aromatic N) is 1. The fourth-order valence-electron chi connectivity index (χ4n) is 3.08. The van der Waals surface area contributed by atoms with E-state index in [0.717, 1.165) is 12.8 Å². The molecule has 6 heteroatoms. The van der Waals surface area contributed by atoms with E-state index in [9.17, 15) is 9.59 Å². The van der Waals surface area contributed by atoms with E-state index in [1.165, 1.54) is 0 Å². The summed E-state index contributed by atoms with van der Waals surface area (Å²) in [7, 11) is 1.57. The number of benzene rings is 2. The monoisotopic (exact) mass is 353 g/mol.